The number of rotatable bonds is 5. The molecule has 3 atom stereocenters. The highest BCUT2D eigenvalue weighted by atomic mass is 19.3. The summed E-state index contributed by atoms with van der Waals surface area (Å²) in [7, 11) is 0. The van der Waals surface area contributed by atoms with Crippen LogP contribution in [0.15, 0.2) is 48.9 Å². The zero-order valence-electron chi connectivity index (χ0n) is 16.3. The van der Waals surface area contributed by atoms with Crippen molar-refractivity contribution in [3.8, 4) is 5.69 Å². The molecule has 2 fully saturated rings. The van der Waals surface area contributed by atoms with Crippen LogP contribution in [0.3, 0.4) is 0 Å². The van der Waals surface area contributed by atoms with Gasteiger partial charge in [0.2, 0.25) is 0 Å². The van der Waals surface area contributed by atoms with Crippen molar-refractivity contribution in [3.63, 3.8) is 0 Å². The number of carbonyl (C=O) groups is 1. The van der Waals surface area contributed by atoms with Gasteiger partial charge in [0.25, 0.3) is 12.3 Å². The van der Waals surface area contributed by atoms with Crippen molar-refractivity contribution in [1.29, 1.82) is 0 Å². The number of alkyl halides is 2. The summed E-state index contributed by atoms with van der Waals surface area (Å²) in [6, 6.07) is 7.06. The smallest absolute Gasteiger partial charge is 0.265 e. The summed E-state index contributed by atoms with van der Waals surface area (Å²) in [6.07, 6.45) is 3.80. The first kappa shape index (κ1) is 19.5. The number of aromatic nitrogens is 4. The van der Waals surface area contributed by atoms with Crippen molar-refractivity contribution in [2.24, 2.45) is 0 Å². The summed E-state index contributed by atoms with van der Waals surface area (Å²) in [6.45, 7) is 0. The van der Waals surface area contributed by atoms with E-state index in [1.807, 2.05) is 0 Å². The number of nitrogens with zero attached hydrogens (tertiary/aromatic N) is 5. The number of para-hydroxylation sites is 1. The Morgan fingerprint density at radius 2 is 1.94 bits per heavy atom. The zero-order valence-corrected chi connectivity index (χ0v) is 16.3. The Kier molecular flexibility index (Phi) is 4.84. The van der Waals surface area contributed by atoms with E-state index in [-0.39, 0.29) is 40.8 Å². The first-order valence-electron chi connectivity index (χ1n) is 10.0. The predicted molar refractivity (Wildman–Crippen MR) is 106 cm³/mol. The average molecular weight is 428 g/mol. The predicted octanol–water partition coefficient (Wildman–Crippen LogP) is 3.60. The summed E-state index contributed by atoms with van der Waals surface area (Å²) in [5, 5.41) is 11.2. The Balaban J connectivity index is 1.39. The van der Waals surface area contributed by atoms with Gasteiger partial charge in [-0.2, -0.15) is 10.2 Å². The number of nitrogens with one attached hydrogen (secondary N) is 1. The molecule has 0 saturated carbocycles. The third-order valence-corrected chi connectivity index (χ3v) is 5.98. The molecule has 5 rings (SSSR count). The van der Waals surface area contributed by atoms with Crippen molar-refractivity contribution >= 4 is 11.7 Å². The molecule has 0 spiro atoms. The van der Waals surface area contributed by atoms with Gasteiger partial charge in [-0.25, -0.2) is 18.2 Å². The van der Waals surface area contributed by atoms with Crippen LogP contribution in [-0.2, 0) is 0 Å². The molecule has 2 saturated heterocycles. The van der Waals surface area contributed by atoms with Crippen molar-refractivity contribution in [1.82, 2.24) is 24.9 Å². The van der Waals surface area contributed by atoms with Crippen LogP contribution in [-0.4, -0.2) is 48.9 Å². The van der Waals surface area contributed by atoms with E-state index in [1.165, 1.54) is 36.7 Å². The van der Waals surface area contributed by atoms with E-state index in [0.717, 1.165) is 23.8 Å². The molecule has 2 aliphatic heterocycles. The van der Waals surface area contributed by atoms with Crippen LogP contribution >= 0.6 is 0 Å². The van der Waals surface area contributed by atoms with Crippen LogP contribution in [0.1, 0.15) is 41.6 Å². The van der Waals surface area contributed by atoms with Crippen molar-refractivity contribution < 1.29 is 18.0 Å². The number of benzene rings is 1. The molecule has 1 aromatic carbocycles. The number of hydrogen-bond donors (Lipinski definition) is 1. The summed E-state index contributed by atoms with van der Waals surface area (Å²) in [5.74, 6) is -0.363. The SMILES string of the molecule is O=C(c1cccc(F)c1-n1nccn1)N1[C@@H]2CC[C@H]1[C@H](Nc1ccc(C(F)F)cn1)C2. The van der Waals surface area contributed by atoms with Crippen LogP contribution in [0.4, 0.5) is 19.0 Å². The molecule has 10 heteroatoms. The van der Waals surface area contributed by atoms with Gasteiger partial charge in [-0.15, -0.1) is 4.80 Å². The van der Waals surface area contributed by atoms with E-state index in [4.69, 9.17) is 0 Å². The fraction of sp³-hybridized carbons (Fsp3) is 0.333. The molecule has 2 aliphatic rings. The van der Waals surface area contributed by atoms with Gasteiger partial charge in [-0.3, -0.25) is 4.79 Å². The molecule has 0 radical (unpaired) electrons. The van der Waals surface area contributed by atoms with Crippen molar-refractivity contribution in [2.75, 3.05) is 5.32 Å². The second-order valence-electron chi connectivity index (χ2n) is 7.73. The van der Waals surface area contributed by atoms with Gasteiger partial charge in [0.05, 0.1) is 24.0 Å². The minimum atomic E-state index is -2.57. The lowest BCUT2D eigenvalue weighted by molar-refractivity contribution is 0.0726. The lowest BCUT2D eigenvalue weighted by atomic mass is 9.95. The van der Waals surface area contributed by atoms with Crippen LogP contribution in [0, 0.1) is 5.82 Å². The van der Waals surface area contributed by atoms with Crippen LogP contribution in [0.2, 0.25) is 0 Å². The fourth-order valence-corrected chi connectivity index (χ4v) is 4.63. The highest BCUT2D eigenvalue weighted by Crippen LogP contribution is 2.40. The highest BCUT2D eigenvalue weighted by molar-refractivity contribution is 5.98. The molecule has 3 aromatic rings. The molecule has 7 nitrogen and oxygen atoms in total. The number of anilines is 1. The second-order valence-corrected chi connectivity index (χ2v) is 7.73. The normalized spacial score (nSPS) is 22.3. The minimum Gasteiger partial charge on any atom is -0.365 e. The number of halogens is 3. The maximum Gasteiger partial charge on any atom is 0.265 e. The molecule has 160 valence electrons. The number of fused-ring (bicyclic) bond motifs is 2. The van der Waals surface area contributed by atoms with Gasteiger partial charge in [0, 0.05) is 23.8 Å². The number of hydrogen-bond acceptors (Lipinski definition) is 5. The van der Waals surface area contributed by atoms with Gasteiger partial charge in [-0.05, 0) is 43.5 Å². The molecule has 1 N–H and O–H groups in total. The van der Waals surface area contributed by atoms with Gasteiger partial charge >= 0.3 is 0 Å². The third-order valence-electron chi connectivity index (χ3n) is 5.98. The molecule has 0 unspecified atom stereocenters. The molecule has 0 aliphatic carbocycles. The first-order valence-corrected chi connectivity index (χ1v) is 10.0. The van der Waals surface area contributed by atoms with E-state index in [2.05, 4.69) is 20.5 Å². The van der Waals surface area contributed by atoms with Crippen LogP contribution in [0.25, 0.3) is 5.69 Å². The molecular weight excluding hydrogens is 409 g/mol. The van der Waals surface area contributed by atoms with Gasteiger partial charge < -0.3 is 10.2 Å². The average Bonchev–Trinajstić information content (AvgIpc) is 3.50. The van der Waals surface area contributed by atoms with Crippen molar-refractivity contribution in [3.05, 3.63) is 65.9 Å². The van der Waals surface area contributed by atoms with E-state index < -0.39 is 12.2 Å². The maximum absolute atomic E-state index is 14.6. The van der Waals surface area contributed by atoms with Crippen molar-refractivity contribution in [2.45, 2.75) is 43.8 Å². The topological polar surface area (TPSA) is 75.9 Å². The van der Waals surface area contributed by atoms with Crippen LogP contribution in [0.5, 0.6) is 0 Å². The second kappa shape index (κ2) is 7.68. The van der Waals surface area contributed by atoms with Crippen LogP contribution < -0.4 is 5.32 Å². The number of pyridine rings is 1. The number of carbonyl (C=O) groups excluding carboxylic acids is 1. The molecule has 2 aromatic heterocycles. The molecule has 4 heterocycles. The summed E-state index contributed by atoms with van der Waals surface area (Å²) >= 11 is 0. The van der Waals surface area contributed by atoms with E-state index in [1.54, 1.807) is 11.0 Å². The van der Waals surface area contributed by atoms with E-state index >= 15 is 0 Å². The molecule has 2 bridgehead atoms. The van der Waals surface area contributed by atoms with Gasteiger partial charge in [0.1, 0.15) is 11.5 Å². The summed E-state index contributed by atoms with van der Waals surface area (Å²) in [4.78, 5) is 20.4. The largest absolute Gasteiger partial charge is 0.365 e. The van der Waals surface area contributed by atoms with Gasteiger partial charge in [-0.1, -0.05) is 6.07 Å². The summed E-state index contributed by atoms with van der Waals surface area (Å²) in [5.41, 5.74) is 0.0897. The Morgan fingerprint density at radius 1 is 1.13 bits per heavy atom. The minimum absolute atomic E-state index is 0.0111. The van der Waals surface area contributed by atoms with Gasteiger partial charge in [0.15, 0.2) is 5.82 Å². The fourth-order valence-electron chi connectivity index (χ4n) is 4.63. The van der Waals surface area contributed by atoms with E-state index in [9.17, 15) is 18.0 Å². The number of amides is 1. The molecule has 1 amide bonds. The maximum atomic E-state index is 14.6. The third kappa shape index (κ3) is 3.41. The quantitative estimate of drug-likeness (QED) is 0.672. The van der Waals surface area contributed by atoms with E-state index in [0.29, 0.717) is 12.2 Å². The first-order chi connectivity index (χ1) is 15.0. The molecular formula is C21H19F3N6O. The Morgan fingerprint density at radius 3 is 2.65 bits per heavy atom. The lowest BCUT2D eigenvalue weighted by Crippen LogP contribution is -2.40. The zero-order chi connectivity index (χ0) is 21.5. The monoisotopic (exact) mass is 428 g/mol. The Bertz CT molecular complexity index is 1090. The Labute approximate surface area is 175 Å². The Hall–Kier alpha value is -3.43. The molecule has 31 heavy (non-hydrogen) atoms. The lowest BCUT2D eigenvalue weighted by Gasteiger charge is -2.26. The highest BCUT2D eigenvalue weighted by Gasteiger charge is 2.49. The standard InChI is InChI=1S/C21H19F3N6O/c22-15-3-1-2-14(19(15)30-26-8-9-27-30)21(31)29-13-5-6-17(29)16(10-13)28-18-7-4-12(11-25-18)20(23)24/h1-4,7-9,11,13,16-17,20H,5-6,10H2,(H,25,28)/t13-,16-,17+/m1/s1. The summed E-state index contributed by atoms with van der Waals surface area (Å²) < 4.78 is 40.1.